The van der Waals surface area contributed by atoms with Gasteiger partial charge in [0, 0.05) is 10.6 Å². The van der Waals surface area contributed by atoms with E-state index in [2.05, 4.69) is 48.8 Å². The fourth-order valence-electron chi connectivity index (χ4n) is 2.73. The molecule has 0 aromatic heterocycles. The maximum Gasteiger partial charge on any atom is 0.138 e. The van der Waals surface area contributed by atoms with E-state index in [9.17, 15) is 0 Å². The van der Waals surface area contributed by atoms with E-state index >= 15 is 0 Å². The molecule has 1 nitrogen and oxygen atoms in total. The Morgan fingerprint density at radius 3 is 2.14 bits per heavy atom. The summed E-state index contributed by atoms with van der Waals surface area (Å²) >= 11 is 16.4. The minimum atomic E-state index is -0.310. The second kappa shape index (κ2) is 6.60. The molecule has 21 heavy (non-hydrogen) atoms. The van der Waals surface area contributed by atoms with Gasteiger partial charge in [-0.15, -0.1) is 11.6 Å². The molecule has 0 radical (unpaired) electrons. The van der Waals surface area contributed by atoms with Gasteiger partial charge in [-0.2, -0.15) is 0 Å². The largest absolute Gasteiger partial charge is 0.495 e. The molecule has 0 heterocycles. The molecule has 0 aliphatic carbocycles. The number of rotatable bonds is 3. The molecule has 112 valence electrons. The van der Waals surface area contributed by atoms with Crippen LogP contribution in [0.4, 0.5) is 0 Å². The minimum Gasteiger partial charge on any atom is -0.495 e. The SMILES string of the molecule is COc1c(Br)cc(Cl)cc1C(Cl)c1c(C)cc(C)cc1C. The van der Waals surface area contributed by atoms with E-state index in [1.807, 2.05) is 12.1 Å². The van der Waals surface area contributed by atoms with Gasteiger partial charge in [-0.05, 0) is 65.5 Å². The Labute approximate surface area is 144 Å². The first-order chi connectivity index (χ1) is 9.85. The van der Waals surface area contributed by atoms with Crippen LogP contribution in [0.25, 0.3) is 0 Å². The molecule has 0 aliphatic rings. The van der Waals surface area contributed by atoms with Crippen LogP contribution in [0, 0.1) is 20.8 Å². The number of aryl methyl sites for hydroxylation is 3. The molecule has 2 aromatic carbocycles. The zero-order valence-electron chi connectivity index (χ0n) is 12.4. The maximum absolute atomic E-state index is 6.76. The number of hydrogen-bond acceptors (Lipinski definition) is 1. The Kier molecular flexibility index (Phi) is 5.24. The summed E-state index contributed by atoms with van der Waals surface area (Å²) in [7, 11) is 1.63. The predicted octanol–water partition coefficient (Wildman–Crippen LogP) is 6.36. The highest BCUT2D eigenvalue weighted by Gasteiger charge is 2.22. The molecule has 4 heteroatoms. The number of hydrogen-bond donors (Lipinski definition) is 0. The smallest absolute Gasteiger partial charge is 0.138 e. The van der Waals surface area contributed by atoms with Crippen molar-refractivity contribution in [2.24, 2.45) is 0 Å². The van der Waals surface area contributed by atoms with Gasteiger partial charge in [0.05, 0.1) is 17.0 Å². The third kappa shape index (κ3) is 3.39. The van der Waals surface area contributed by atoms with Gasteiger partial charge in [0.2, 0.25) is 0 Å². The molecule has 1 atom stereocenters. The molecule has 0 saturated heterocycles. The molecule has 0 fully saturated rings. The summed E-state index contributed by atoms with van der Waals surface area (Å²) in [6, 6.07) is 7.96. The second-order valence-electron chi connectivity index (χ2n) is 5.19. The molecule has 0 aliphatic heterocycles. The van der Waals surface area contributed by atoms with Crippen molar-refractivity contribution in [3.8, 4) is 5.75 Å². The highest BCUT2D eigenvalue weighted by molar-refractivity contribution is 9.10. The van der Waals surface area contributed by atoms with Crippen LogP contribution in [0.2, 0.25) is 5.02 Å². The van der Waals surface area contributed by atoms with Crippen LogP contribution in [0.1, 0.15) is 33.2 Å². The number of halogens is 3. The van der Waals surface area contributed by atoms with Crippen molar-refractivity contribution >= 4 is 39.1 Å². The van der Waals surface area contributed by atoms with Crippen LogP contribution in [-0.2, 0) is 0 Å². The zero-order valence-corrected chi connectivity index (χ0v) is 15.5. The summed E-state index contributed by atoms with van der Waals surface area (Å²) in [5.74, 6) is 0.721. The van der Waals surface area contributed by atoms with Crippen LogP contribution >= 0.6 is 39.1 Å². The van der Waals surface area contributed by atoms with Gasteiger partial charge in [-0.1, -0.05) is 29.3 Å². The lowest BCUT2D eigenvalue weighted by atomic mass is 9.93. The van der Waals surface area contributed by atoms with E-state index in [0.29, 0.717) is 5.02 Å². The van der Waals surface area contributed by atoms with Crippen LogP contribution in [-0.4, -0.2) is 7.11 Å². The Balaban J connectivity index is 2.63. The lowest BCUT2D eigenvalue weighted by molar-refractivity contribution is 0.407. The van der Waals surface area contributed by atoms with Gasteiger partial charge in [-0.25, -0.2) is 0 Å². The predicted molar refractivity (Wildman–Crippen MR) is 94.1 cm³/mol. The number of alkyl halides is 1. The van der Waals surface area contributed by atoms with Crippen molar-refractivity contribution in [3.63, 3.8) is 0 Å². The van der Waals surface area contributed by atoms with Crippen molar-refractivity contribution in [1.29, 1.82) is 0 Å². The first-order valence-corrected chi connectivity index (χ1v) is 8.20. The summed E-state index contributed by atoms with van der Waals surface area (Å²) in [5.41, 5.74) is 5.55. The topological polar surface area (TPSA) is 9.23 Å². The monoisotopic (exact) mass is 386 g/mol. The first kappa shape index (κ1) is 16.7. The Hall–Kier alpha value is -0.700. The van der Waals surface area contributed by atoms with Crippen molar-refractivity contribution in [1.82, 2.24) is 0 Å². The normalized spacial score (nSPS) is 12.3. The van der Waals surface area contributed by atoms with Crippen LogP contribution in [0.3, 0.4) is 0 Å². The molecule has 0 saturated carbocycles. The van der Waals surface area contributed by atoms with Gasteiger partial charge in [-0.3, -0.25) is 0 Å². The average molecular weight is 388 g/mol. The van der Waals surface area contributed by atoms with Crippen LogP contribution in [0.15, 0.2) is 28.7 Å². The first-order valence-electron chi connectivity index (χ1n) is 6.60. The third-order valence-electron chi connectivity index (χ3n) is 3.51. The van der Waals surface area contributed by atoms with Crippen LogP contribution < -0.4 is 4.74 Å². The van der Waals surface area contributed by atoms with Crippen molar-refractivity contribution in [3.05, 3.63) is 61.6 Å². The van der Waals surface area contributed by atoms with Crippen molar-refractivity contribution in [2.75, 3.05) is 7.11 Å². The molecule has 0 bridgehead atoms. The minimum absolute atomic E-state index is 0.310. The Morgan fingerprint density at radius 1 is 1.05 bits per heavy atom. The fourth-order valence-corrected chi connectivity index (χ4v) is 4.23. The van der Waals surface area contributed by atoms with Crippen molar-refractivity contribution in [2.45, 2.75) is 26.1 Å². The molecule has 2 rings (SSSR count). The molecular weight excluding hydrogens is 371 g/mol. The zero-order chi connectivity index (χ0) is 15.7. The summed E-state index contributed by atoms with van der Waals surface area (Å²) in [6.45, 7) is 6.25. The maximum atomic E-state index is 6.76. The van der Waals surface area contributed by atoms with E-state index in [1.54, 1.807) is 7.11 Å². The molecule has 0 amide bonds. The quantitative estimate of drug-likeness (QED) is 0.556. The van der Waals surface area contributed by atoms with Gasteiger partial charge in [0.1, 0.15) is 5.75 Å². The Bertz CT molecular complexity index is 660. The number of ether oxygens (including phenoxy) is 1. The van der Waals surface area contributed by atoms with E-state index in [0.717, 1.165) is 21.3 Å². The Morgan fingerprint density at radius 2 is 1.62 bits per heavy atom. The molecule has 1 unspecified atom stereocenters. The van der Waals surface area contributed by atoms with Crippen LogP contribution in [0.5, 0.6) is 5.75 Å². The lowest BCUT2D eigenvalue weighted by Gasteiger charge is -2.20. The van der Waals surface area contributed by atoms with Gasteiger partial charge in [0.15, 0.2) is 0 Å². The van der Waals surface area contributed by atoms with Crippen molar-refractivity contribution < 1.29 is 4.74 Å². The summed E-state index contributed by atoms with van der Waals surface area (Å²) in [5, 5.41) is 0.321. The highest BCUT2D eigenvalue weighted by atomic mass is 79.9. The van der Waals surface area contributed by atoms with E-state index < -0.39 is 0 Å². The lowest BCUT2D eigenvalue weighted by Crippen LogP contribution is -2.03. The number of benzene rings is 2. The van der Waals surface area contributed by atoms with E-state index in [-0.39, 0.29) is 5.38 Å². The molecule has 2 aromatic rings. The average Bonchev–Trinajstić information content (AvgIpc) is 2.36. The second-order valence-corrected chi connectivity index (χ2v) is 6.91. The molecule has 0 spiro atoms. The van der Waals surface area contributed by atoms with Gasteiger partial charge < -0.3 is 4.74 Å². The standard InChI is InChI=1S/C17H17BrCl2O/c1-9-5-10(2)15(11(3)6-9)16(20)13-7-12(19)8-14(18)17(13)21-4/h5-8,16H,1-4H3. The van der Waals surface area contributed by atoms with Gasteiger partial charge >= 0.3 is 0 Å². The van der Waals surface area contributed by atoms with Gasteiger partial charge in [0.25, 0.3) is 0 Å². The summed E-state index contributed by atoms with van der Waals surface area (Å²) in [4.78, 5) is 0. The fraction of sp³-hybridized carbons (Fsp3) is 0.294. The van der Waals surface area contributed by atoms with E-state index in [1.165, 1.54) is 16.7 Å². The summed E-state index contributed by atoms with van der Waals surface area (Å²) < 4.78 is 6.29. The third-order valence-corrected chi connectivity index (χ3v) is 4.77. The highest BCUT2D eigenvalue weighted by Crippen LogP contribution is 2.43. The van der Waals surface area contributed by atoms with E-state index in [4.69, 9.17) is 27.9 Å². The summed E-state index contributed by atoms with van der Waals surface area (Å²) in [6.07, 6.45) is 0. The molecular formula is C17H17BrCl2O. The number of methoxy groups -OCH3 is 1. The molecule has 0 N–H and O–H groups in total.